The lowest BCUT2D eigenvalue weighted by atomic mass is 10.1. The second kappa shape index (κ2) is 6.87. The van der Waals surface area contributed by atoms with Gasteiger partial charge in [-0.05, 0) is 40.2 Å². The van der Waals surface area contributed by atoms with Crippen molar-refractivity contribution < 1.29 is 4.74 Å². The predicted octanol–water partition coefficient (Wildman–Crippen LogP) is 3.13. The lowest BCUT2D eigenvalue weighted by molar-refractivity contribution is 0.118. The first kappa shape index (κ1) is 15.7. The number of hydrogen-bond donors (Lipinski definition) is 1. The highest BCUT2D eigenvalue weighted by Crippen LogP contribution is 2.33. The second-order valence-electron chi connectivity index (χ2n) is 5.66. The lowest BCUT2D eigenvalue weighted by Gasteiger charge is -2.26. The summed E-state index contributed by atoms with van der Waals surface area (Å²) in [6.07, 6.45) is 2.55. The number of aromatic nitrogens is 1. The molecule has 2 rings (SSSR count). The third-order valence-electron chi connectivity index (χ3n) is 4.05. The molecular formula is C15H27N3OS. The number of thiazole rings is 1. The topological polar surface area (TPSA) is 37.4 Å². The normalized spacial score (nSPS) is 24.1. The van der Waals surface area contributed by atoms with Crippen molar-refractivity contribution >= 4 is 16.5 Å². The molecule has 0 bridgehead atoms. The third kappa shape index (κ3) is 3.32. The fraction of sp³-hybridized carbons (Fsp3) is 0.800. The molecular weight excluding hydrogens is 270 g/mol. The third-order valence-corrected chi connectivity index (χ3v) is 5.48. The van der Waals surface area contributed by atoms with Gasteiger partial charge in [-0.15, -0.1) is 11.3 Å². The molecule has 1 N–H and O–H groups in total. The minimum absolute atomic E-state index is 0.295. The van der Waals surface area contributed by atoms with Crippen LogP contribution in [-0.4, -0.2) is 37.3 Å². The van der Waals surface area contributed by atoms with Crippen molar-refractivity contribution in [3.05, 3.63) is 10.6 Å². The van der Waals surface area contributed by atoms with Gasteiger partial charge >= 0.3 is 0 Å². The maximum Gasteiger partial charge on any atom is 0.185 e. The highest BCUT2D eigenvalue weighted by atomic mass is 32.1. The van der Waals surface area contributed by atoms with E-state index in [1.807, 2.05) is 11.3 Å². The zero-order valence-corrected chi connectivity index (χ0v) is 14.1. The van der Waals surface area contributed by atoms with E-state index in [4.69, 9.17) is 9.72 Å². The molecule has 1 aromatic heterocycles. The second-order valence-corrected chi connectivity index (χ2v) is 6.67. The highest BCUT2D eigenvalue weighted by molar-refractivity contribution is 7.15. The van der Waals surface area contributed by atoms with Crippen molar-refractivity contribution in [2.75, 3.05) is 25.1 Å². The number of aryl methyl sites for hydroxylation is 1. The van der Waals surface area contributed by atoms with Gasteiger partial charge in [0.1, 0.15) is 0 Å². The molecule has 5 heteroatoms. The molecule has 0 spiro atoms. The number of nitrogens with zero attached hydrogens (tertiary/aromatic N) is 2. The molecule has 1 aliphatic rings. The quantitative estimate of drug-likeness (QED) is 0.875. The van der Waals surface area contributed by atoms with Crippen molar-refractivity contribution in [1.29, 1.82) is 0 Å². The molecule has 1 aromatic rings. The van der Waals surface area contributed by atoms with Crippen LogP contribution in [0.1, 0.15) is 50.2 Å². The van der Waals surface area contributed by atoms with E-state index in [0.29, 0.717) is 18.2 Å². The van der Waals surface area contributed by atoms with Crippen LogP contribution >= 0.6 is 11.3 Å². The van der Waals surface area contributed by atoms with Crippen LogP contribution in [0.4, 0.5) is 5.13 Å². The first-order chi connectivity index (χ1) is 9.54. The first-order valence-corrected chi connectivity index (χ1v) is 8.41. The first-order valence-electron chi connectivity index (χ1n) is 7.59. The summed E-state index contributed by atoms with van der Waals surface area (Å²) in [4.78, 5) is 8.42. The van der Waals surface area contributed by atoms with Crippen molar-refractivity contribution in [1.82, 2.24) is 10.3 Å². The summed E-state index contributed by atoms with van der Waals surface area (Å²) in [7, 11) is 2.14. The highest BCUT2D eigenvalue weighted by Gasteiger charge is 2.30. The molecule has 0 saturated carbocycles. The Balaban J connectivity index is 2.09. The van der Waals surface area contributed by atoms with Crippen LogP contribution in [0.25, 0.3) is 0 Å². The summed E-state index contributed by atoms with van der Waals surface area (Å²) in [6.45, 7) is 10.6. The van der Waals surface area contributed by atoms with Crippen LogP contribution in [0, 0.1) is 6.92 Å². The summed E-state index contributed by atoms with van der Waals surface area (Å²) in [5.74, 6) is 0. The predicted molar refractivity (Wildman–Crippen MR) is 85.8 cm³/mol. The molecule has 2 heterocycles. The zero-order chi connectivity index (χ0) is 14.7. The molecule has 1 aliphatic heterocycles. The molecule has 114 valence electrons. The van der Waals surface area contributed by atoms with Crippen molar-refractivity contribution in [3.63, 3.8) is 0 Å². The van der Waals surface area contributed by atoms with Crippen LogP contribution in [-0.2, 0) is 4.74 Å². The van der Waals surface area contributed by atoms with Gasteiger partial charge in [-0.3, -0.25) is 0 Å². The average Bonchev–Trinajstić information content (AvgIpc) is 3.01. The Bertz CT molecular complexity index is 435. The van der Waals surface area contributed by atoms with Gasteiger partial charge in [0.15, 0.2) is 5.13 Å². The van der Waals surface area contributed by atoms with Crippen LogP contribution < -0.4 is 10.2 Å². The lowest BCUT2D eigenvalue weighted by Crippen LogP contribution is -2.36. The van der Waals surface area contributed by atoms with E-state index in [1.54, 1.807) is 0 Å². The van der Waals surface area contributed by atoms with Gasteiger partial charge in [0.25, 0.3) is 0 Å². The van der Waals surface area contributed by atoms with E-state index in [1.165, 1.54) is 4.88 Å². The molecule has 0 aromatic carbocycles. The summed E-state index contributed by atoms with van der Waals surface area (Å²) in [5, 5.41) is 4.66. The van der Waals surface area contributed by atoms with E-state index in [0.717, 1.165) is 36.8 Å². The van der Waals surface area contributed by atoms with Crippen LogP contribution in [0.3, 0.4) is 0 Å². The summed E-state index contributed by atoms with van der Waals surface area (Å²) in [6, 6.07) is 0.833. The Hall–Kier alpha value is -0.650. The van der Waals surface area contributed by atoms with Crippen LogP contribution in [0.2, 0.25) is 0 Å². The molecule has 3 atom stereocenters. The zero-order valence-electron chi connectivity index (χ0n) is 13.3. The Morgan fingerprint density at radius 2 is 2.30 bits per heavy atom. The molecule has 0 amide bonds. The maximum atomic E-state index is 5.67. The number of likely N-dealkylation sites (N-methyl/N-ethyl adjacent to an activating group) is 1. The molecule has 0 radical (unpaired) electrons. The van der Waals surface area contributed by atoms with Gasteiger partial charge in [0.05, 0.1) is 17.8 Å². The van der Waals surface area contributed by atoms with Crippen molar-refractivity contribution in [3.8, 4) is 0 Å². The molecule has 20 heavy (non-hydrogen) atoms. The average molecular weight is 297 g/mol. The fourth-order valence-electron chi connectivity index (χ4n) is 2.77. The number of nitrogens with one attached hydrogen (secondary N) is 1. The van der Waals surface area contributed by atoms with Crippen LogP contribution in [0.15, 0.2) is 0 Å². The molecule has 1 fully saturated rings. The number of anilines is 1. The molecule has 1 saturated heterocycles. The van der Waals surface area contributed by atoms with Gasteiger partial charge < -0.3 is 15.0 Å². The Morgan fingerprint density at radius 1 is 1.55 bits per heavy atom. The number of hydrogen-bond acceptors (Lipinski definition) is 5. The number of rotatable bonds is 6. The van der Waals surface area contributed by atoms with Gasteiger partial charge in [-0.2, -0.15) is 0 Å². The standard InChI is InChI=1S/C15H27N3OS/c1-6-8-16-10(2)14-11(3)17-15(20-14)18(5)13-7-9-19-12(13)4/h10,12-13,16H,6-9H2,1-5H3. The van der Waals surface area contributed by atoms with E-state index in [-0.39, 0.29) is 0 Å². The SMILES string of the molecule is CCCNC(C)c1sc(N(C)C2CCOC2C)nc1C. The molecule has 4 nitrogen and oxygen atoms in total. The van der Waals surface area contributed by atoms with E-state index in [9.17, 15) is 0 Å². The van der Waals surface area contributed by atoms with Gasteiger partial charge in [-0.25, -0.2) is 4.98 Å². The van der Waals surface area contributed by atoms with Gasteiger partial charge in [0, 0.05) is 24.6 Å². The smallest absolute Gasteiger partial charge is 0.185 e. The van der Waals surface area contributed by atoms with Gasteiger partial charge in [0.2, 0.25) is 0 Å². The van der Waals surface area contributed by atoms with E-state index in [2.05, 4.69) is 45.0 Å². The summed E-state index contributed by atoms with van der Waals surface area (Å²) < 4.78 is 5.67. The minimum Gasteiger partial charge on any atom is -0.376 e. The van der Waals surface area contributed by atoms with Crippen molar-refractivity contribution in [2.24, 2.45) is 0 Å². The van der Waals surface area contributed by atoms with Gasteiger partial charge in [-0.1, -0.05) is 6.92 Å². The summed E-state index contributed by atoms with van der Waals surface area (Å²) in [5.41, 5.74) is 1.15. The Morgan fingerprint density at radius 3 is 2.90 bits per heavy atom. The monoisotopic (exact) mass is 297 g/mol. The largest absolute Gasteiger partial charge is 0.376 e. The Labute approximate surface area is 126 Å². The number of ether oxygens (including phenoxy) is 1. The Kier molecular flexibility index (Phi) is 5.41. The van der Waals surface area contributed by atoms with E-state index < -0.39 is 0 Å². The molecule has 3 unspecified atom stereocenters. The maximum absolute atomic E-state index is 5.67. The fourth-order valence-corrected chi connectivity index (χ4v) is 3.88. The molecule has 0 aliphatic carbocycles. The summed E-state index contributed by atoms with van der Waals surface area (Å²) >= 11 is 1.81. The van der Waals surface area contributed by atoms with Crippen LogP contribution in [0.5, 0.6) is 0 Å². The minimum atomic E-state index is 0.295. The van der Waals surface area contributed by atoms with E-state index >= 15 is 0 Å². The van der Waals surface area contributed by atoms with Crippen molar-refractivity contribution in [2.45, 2.75) is 58.7 Å².